The van der Waals surface area contributed by atoms with Gasteiger partial charge in [0.2, 0.25) is 0 Å². The summed E-state index contributed by atoms with van der Waals surface area (Å²) in [5, 5.41) is 1.28. The second-order valence-electron chi connectivity index (χ2n) is 4.38. The number of amides is 1. The van der Waals surface area contributed by atoms with Gasteiger partial charge in [-0.25, -0.2) is 0 Å². The Hall–Kier alpha value is -1.48. The maximum absolute atomic E-state index is 12.5. The van der Waals surface area contributed by atoms with Gasteiger partial charge in [0.15, 0.2) is 5.54 Å². The summed E-state index contributed by atoms with van der Waals surface area (Å²) in [5.41, 5.74) is -0.154. The van der Waals surface area contributed by atoms with Crippen molar-refractivity contribution in [2.75, 3.05) is 5.32 Å². The predicted molar refractivity (Wildman–Crippen MR) is 63.7 cm³/mol. The third-order valence-corrected chi connectivity index (χ3v) is 2.76. The van der Waals surface area contributed by atoms with Crippen molar-refractivity contribution in [2.45, 2.75) is 24.8 Å². The first-order valence-electron chi connectivity index (χ1n) is 5.30. The predicted octanol–water partition coefficient (Wildman–Crippen LogP) is 3.58. The first kappa shape index (κ1) is 17.6. The second-order valence-corrected chi connectivity index (χ2v) is 4.82. The molecule has 0 aliphatic rings. The molecule has 0 radical (unpaired) electrons. The van der Waals surface area contributed by atoms with Gasteiger partial charge >= 0.3 is 12.4 Å². The van der Waals surface area contributed by atoms with Gasteiger partial charge in [0, 0.05) is 10.7 Å². The van der Waals surface area contributed by atoms with E-state index < -0.39 is 40.1 Å². The fraction of sp³-hybridized carbons (Fsp3) is 0.364. The zero-order valence-corrected chi connectivity index (χ0v) is 11.1. The third kappa shape index (κ3) is 4.01. The molecular formula is C11H9ClF6N2O. The lowest BCUT2D eigenvalue weighted by Crippen LogP contribution is -2.59. The van der Waals surface area contributed by atoms with Crippen LogP contribution in [0.2, 0.25) is 5.02 Å². The Morgan fingerprint density at radius 1 is 1.14 bits per heavy atom. The number of nitrogens with two attached hydrogens (primary N) is 1. The molecule has 0 heterocycles. The first-order valence-corrected chi connectivity index (χ1v) is 5.68. The Balaban J connectivity index is 3.10. The molecule has 10 heteroatoms. The highest BCUT2D eigenvalue weighted by Crippen LogP contribution is 2.34. The number of alkyl halides is 6. The van der Waals surface area contributed by atoms with Crippen molar-refractivity contribution in [1.29, 1.82) is 0 Å². The Kier molecular flexibility index (Phi) is 4.50. The van der Waals surface area contributed by atoms with Crippen LogP contribution >= 0.6 is 11.6 Å². The maximum Gasteiger partial charge on any atom is 0.416 e. The van der Waals surface area contributed by atoms with Crippen LogP contribution in [0.5, 0.6) is 0 Å². The Morgan fingerprint density at radius 2 is 1.67 bits per heavy atom. The van der Waals surface area contributed by atoms with Crippen LogP contribution in [0, 0.1) is 0 Å². The lowest BCUT2D eigenvalue weighted by Gasteiger charge is -2.26. The van der Waals surface area contributed by atoms with E-state index in [0.717, 1.165) is 6.07 Å². The fourth-order valence-electron chi connectivity index (χ4n) is 1.22. The molecule has 1 atom stereocenters. The molecule has 1 rings (SSSR count). The molecule has 1 unspecified atom stereocenters. The number of halogens is 7. The zero-order chi connectivity index (χ0) is 16.6. The molecule has 3 nitrogen and oxygen atoms in total. The summed E-state index contributed by atoms with van der Waals surface area (Å²) in [7, 11) is 0. The molecule has 1 aromatic rings. The van der Waals surface area contributed by atoms with Crippen LogP contribution < -0.4 is 11.1 Å². The highest BCUT2D eigenvalue weighted by Gasteiger charge is 2.54. The van der Waals surface area contributed by atoms with Gasteiger partial charge in [-0.15, -0.1) is 0 Å². The van der Waals surface area contributed by atoms with E-state index in [-0.39, 0.29) is 0 Å². The molecule has 1 aromatic carbocycles. The average molecular weight is 335 g/mol. The van der Waals surface area contributed by atoms with Crippen molar-refractivity contribution in [3.05, 3.63) is 28.8 Å². The van der Waals surface area contributed by atoms with Gasteiger partial charge in [0.1, 0.15) is 0 Å². The van der Waals surface area contributed by atoms with Gasteiger partial charge in [0.25, 0.3) is 5.91 Å². The third-order valence-electron chi connectivity index (χ3n) is 2.54. The van der Waals surface area contributed by atoms with Gasteiger partial charge in [-0.3, -0.25) is 4.79 Å². The maximum atomic E-state index is 12.5. The smallest absolute Gasteiger partial charge is 0.324 e. The van der Waals surface area contributed by atoms with Crippen LogP contribution in [0.3, 0.4) is 0 Å². The average Bonchev–Trinajstić information content (AvgIpc) is 2.25. The number of benzene rings is 1. The number of nitrogens with one attached hydrogen (secondary N) is 1. The number of rotatable bonds is 2. The van der Waals surface area contributed by atoms with Gasteiger partial charge < -0.3 is 11.1 Å². The van der Waals surface area contributed by atoms with Crippen molar-refractivity contribution in [2.24, 2.45) is 5.73 Å². The van der Waals surface area contributed by atoms with Crippen LogP contribution in [-0.2, 0) is 11.0 Å². The van der Waals surface area contributed by atoms with Gasteiger partial charge in [0.05, 0.1) is 5.56 Å². The van der Waals surface area contributed by atoms with Crippen molar-refractivity contribution in [3.63, 3.8) is 0 Å². The largest absolute Gasteiger partial charge is 0.416 e. The number of carbonyl (C=O) groups excluding carboxylic acids is 1. The highest BCUT2D eigenvalue weighted by molar-refractivity contribution is 6.31. The van der Waals surface area contributed by atoms with Crippen molar-refractivity contribution in [1.82, 2.24) is 0 Å². The Morgan fingerprint density at radius 3 is 2.10 bits per heavy atom. The van der Waals surface area contributed by atoms with E-state index in [1.54, 1.807) is 5.32 Å². The molecule has 0 bridgehead atoms. The van der Waals surface area contributed by atoms with Gasteiger partial charge in [-0.2, -0.15) is 26.3 Å². The topological polar surface area (TPSA) is 55.1 Å². The van der Waals surface area contributed by atoms with Crippen LogP contribution in [0.4, 0.5) is 32.0 Å². The Bertz CT molecular complexity index is 553. The summed E-state index contributed by atoms with van der Waals surface area (Å²) in [6, 6.07) is 1.90. The summed E-state index contributed by atoms with van der Waals surface area (Å²) in [6.45, 7) is 0.400. The normalized spacial score (nSPS) is 15.5. The van der Waals surface area contributed by atoms with E-state index >= 15 is 0 Å². The van der Waals surface area contributed by atoms with Crippen molar-refractivity contribution in [3.8, 4) is 0 Å². The van der Waals surface area contributed by atoms with E-state index in [0.29, 0.717) is 19.1 Å². The molecule has 0 aliphatic heterocycles. The van der Waals surface area contributed by atoms with Crippen molar-refractivity contribution >= 4 is 23.2 Å². The van der Waals surface area contributed by atoms with Crippen molar-refractivity contribution < 1.29 is 31.1 Å². The summed E-state index contributed by atoms with van der Waals surface area (Å²) < 4.78 is 75.2. The Labute approximate surface area is 120 Å². The standard InChI is InChI=1S/C11H9ClF6N2O/c1-9(19,11(16,17)18)8(21)20-7-3-5(10(13,14)15)2-6(12)4-7/h2-4H,19H2,1H3,(H,20,21). The number of hydrogen-bond acceptors (Lipinski definition) is 2. The molecule has 0 aromatic heterocycles. The van der Waals surface area contributed by atoms with E-state index in [1.807, 2.05) is 0 Å². The summed E-state index contributed by atoms with van der Waals surface area (Å²) in [4.78, 5) is 11.5. The van der Waals surface area contributed by atoms with Crippen LogP contribution in [-0.4, -0.2) is 17.6 Å². The first-order chi connectivity index (χ1) is 9.25. The quantitative estimate of drug-likeness (QED) is 0.812. The molecular weight excluding hydrogens is 326 g/mol. The minimum atomic E-state index is -5.07. The highest BCUT2D eigenvalue weighted by atomic mass is 35.5. The summed E-state index contributed by atoms with van der Waals surface area (Å²) in [6.07, 6.45) is -9.83. The van der Waals surface area contributed by atoms with Crippen LogP contribution in [0.25, 0.3) is 0 Å². The summed E-state index contributed by atoms with van der Waals surface area (Å²) >= 11 is 5.44. The van der Waals surface area contributed by atoms with E-state index in [4.69, 9.17) is 17.3 Å². The minimum absolute atomic E-state index is 0.397. The number of hydrogen-bond donors (Lipinski definition) is 2. The summed E-state index contributed by atoms with van der Waals surface area (Å²) in [5.74, 6) is -1.70. The monoisotopic (exact) mass is 334 g/mol. The minimum Gasteiger partial charge on any atom is -0.324 e. The van der Waals surface area contributed by atoms with E-state index in [1.165, 1.54) is 0 Å². The molecule has 0 spiro atoms. The molecule has 0 aliphatic carbocycles. The molecule has 0 saturated carbocycles. The number of anilines is 1. The lowest BCUT2D eigenvalue weighted by atomic mass is 10.0. The van der Waals surface area contributed by atoms with Crippen LogP contribution in [0.1, 0.15) is 12.5 Å². The number of carbonyl (C=O) groups is 1. The van der Waals surface area contributed by atoms with E-state index in [2.05, 4.69) is 0 Å². The SMILES string of the molecule is CC(N)(C(=O)Nc1cc(Cl)cc(C(F)(F)F)c1)C(F)(F)F. The molecule has 21 heavy (non-hydrogen) atoms. The van der Waals surface area contributed by atoms with Gasteiger partial charge in [-0.05, 0) is 25.1 Å². The molecule has 1 amide bonds. The molecule has 0 fully saturated rings. The second kappa shape index (κ2) is 5.38. The molecule has 0 saturated heterocycles. The molecule has 118 valence electrons. The lowest BCUT2D eigenvalue weighted by molar-refractivity contribution is -0.184. The fourth-order valence-corrected chi connectivity index (χ4v) is 1.45. The van der Waals surface area contributed by atoms with E-state index in [9.17, 15) is 31.1 Å². The van der Waals surface area contributed by atoms with Gasteiger partial charge in [-0.1, -0.05) is 11.6 Å². The van der Waals surface area contributed by atoms with Crippen LogP contribution in [0.15, 0.2) is 18.2 Å². The zero-order valence-electron chi connectivity index (χ0n) is 10.4. The molecule has 3 N–H and O–H groups in total.